The fourth-order valence-corrected chi connectivity index (χ4v) is 1.25. The van der Waals surface area contributed by atoms with Crippen molar-refractivity contribution >= 4 is 0 Å². The molecular formula is C12H13N3O. The second-order valence-electron chi connectivity index (χ2n) is 4.28. The standard InChI is InChI=1S/C12H13N3O/c1-12(2,9-14)5-7-15-6-3-4-10(8-13)11(15)16/h3-4,6H,5,7H2,1-2H3. The number of nitriles is 2. The maximum absolute atomic E-state index is 11.7. The summed E-state index contributed by atoms with van der Waals surface area (Å²) in [5.74, 6) is 0. The summed E-state index contributed by atoms with van der Waals surface area (Å²) in [6, 6.07) is 7.19. The van der Waals surface area contributed by atoms with E-state index in [2.05, 4.69) is 6.07 Å². The number of rotatable bonds is 3. The monoisotopic (exact) mass is 215 g/mol. The van der Waals surface area contributed by atoms with Crippen LogP contribution in [0.5, 0.6) is 0 Å². The van der Waals surface area contributed by atoms with Crippen LogP contribution in [0.3, 0.4) is 0 Å². The SMILES string of the molecule is CC(C)(C#N)CCn1cccc(C#N)c1=O. The molecule has 4 heteroatoms. The van der Waals surface area contributed by atoms with Crippen molar-refractivity contribution in [3.8, 4) is 12.1 Å². The maximum Gasteiger partial charge on any atom is 0.268 e. The number of aromatic nitrogens is 1. The molecule has 1 rings (SSSR count). The third kappa shape index (κ3) is 2.71. The third-order valence-corrected chi connectivity index (χ3v) is 2.42. The first-order chi connectivity index (χ1) is 7.50. The van der Waals surface area contributed by atoms with Crippen molar-refractivity contribution in [1.29, 1.82) is 10.5 Å². The Morgan fingerprint density at radius 2 is 2.12 bits per heavy atom. The summed E-state index contributed by atoms with van der Waals surface area (Å²) < 4.78 is 1.47. The van der Waals surface area contributed by atoms with Crippen LogP contribution >= 0.6 is 0 Å². The van der Waals surface area contributed by atoms with E-state index in [1.54, 1.807) is 12.3 Å². The summed E-state index contributed by atoms with van der Waals surface area (Å²) in [5, 5.41) is 17.6. The fraction of sp³-hybridized carbons (Fsp3) is 0.417. The van der Waals surface area contributed by atoms with Crippen LogP contribution in [0.2, 0.25) is 0 Å². The lowest BCUT2D eigenvalue weighted by molar-refractivity contribution is 0.409. The molecule has 0 radical (unpaired) electrons. The third-order valence-electron chi connectivity index (χ3n) is 2.42. The Bertz CT molecular complexity index is 514. The summed E-state index contributed by atoms with van der Waals surface area (Å²) >= 11 is 0. The highest BCUT2D eigenvalue weighted by Crippen LogP contribution is 2.18. The van der Waals surface area contributed by atoms with Gasteiger partial charge in [-0.05, 0) is 32.4 Å². The molecule has 0 spiro atoms. The highest BCUT2D eigenvalue weighted by molar-refractivity contribution is 5.24. The zero-order valence-electron chi connectivity index (χ0n) is 9.40. The predicted octanol–water partition coefficient (Wildman–Crippen LogP) is 1.66. The number of hydrogen-bond acceptors (Lipinski definition) is 3. The number of hydrogen-bond donors (Lipinski definition) is 0. The van der Waals surface area contributed by atoms with Crippen LogP contribution < -0.4 is 5.56 Å². The van der Waals surface area contributed by atoms with Crippen molar-refractivity contribution < 1.29 is 0 Å². The van der Waals surface area contributed by atoms with Gasteiger partial charge in [-0.3, -0.25) is 4.79 Å². The first kappa shape index (κ1) is 12.0. The average molecular weight is 215 g/mol. The molecule has 0 atom stereocenters. The van der Waals surface area contributed by atoms with Crippen molar-refractivity contribution in [2.24, 2.45) is 5.41 Å². The van der Waals surface area contributed by atoms with Gasteiger partial charge in [0.05, 0.1) is 11.5 Å². The molecule has 1 aromatic heterocycles. The van der Waals surface area contributed by atoms with Crippen LogP contribution in [0.1, 0.15) is 25.8 Å². The first-order valence-corrected chi connectivity index (χ1v) is 5.01. The van der Waals surface area contributed by atoms with Crippen LogP contribution in [-0.2, 0) is 6.54 Å². The van der Waals surface area contributed by atoms with E-state index in [9.17, 15) is 4.79 Å². The van der Waals surface area contributed by atoms with Crippen molar-refractivity contribution in [3.63, 3.8) is 0 Å². The molecule has 0 aliphatic heterocycles. The number of pyridine rings is 1. The van der Waals surface area contributed by atoms with Gasteiger partial charge >= 0.3 is 0 Å². The van der Waals surface area contributed by atoms with E-state index < -0.39 is 5.41 Å². The van der Waals surface area contributed by atoms with Gasteiger partial charge in [-0.1, -0.05) is 0 Å². The quantitative estimate of drug-likeness (QED) is 0.769. The Morgan fingerprint density at radius 1 is 1.44 bits per heavy atom. The highest BCUT2D eigenvalue weighted by Gasteiger charge is 2.16. The zero-order chi connectivity index (χ0) is 12.2. The van der Waals surface area contributed by atoms with E-state index in [-0.39, 0.29) is 11.1 Å². The van der Waals surface area contributed by atoms with Crippen LogP contribution in [0.15, 0.2) is 23.1 Å². The van der Waals surface area contributed by atoms with E-state index in [4.69, 9.17) is 10.5 Å². The van der Waals surface area contributed by atoms with Crippen molar-refractivity contribution in [1.82, 2.24) is 4.57 Å². The van der Waals surface area contributed by atoms with Gasteiger partial charge in [-0.15, -0.1) is 0 Å². The fourth-order valence-electron chi connectivity index (χ4n) is 1.25. The molecule has 0 aliphatic carbocycles. The zero-order valence-corrected chi connectivity index (χ0v) is 9.40. The summed E-state index contributed by atoms with van der Waals surface area (Å²) in [7, 11) is 0. The van der Waals surface area contributed by atoms with Gasteiger partial charge in [0.1, 0.15) is 11.6 Å². The van der Waals surface area contributed by atoms with Crippen LogP contribution in [0, 0.1) is 28.1 Å². The lowest BCUT2D eigenvalue weighted by Gasteiger charge is -2.15. The first-order valence-electron chi connectivity index (χ1n) is 5.01. The molecule has 0 N–H and O–H groups in total. The molecule has 0 fully saturated rings. The van der Waals surface area contributed by atoms with E-state index in [1.165, 1.54) is 10.6 Å². The highest BCUT2D eigenvalue weighted by atomic mass is 16.1. The van der Waals surface area contributed by atoms with Crippen LogP contribution in [0.4, 0.5) is 0 Å². The van der Waals surface area contributed by atoms with E-state index in [0.29, 0.717) is 13.0 Å². The molecule has 16 heavy (non-hydrogen) atoms. The molecule has 4 nitrogen and oxygen atoms in total. The lowest BCUT2D eigenvalue weighted by atomic mass is 9.91. The van der Waals surface area contributed by atoms with Gasteiger partial charge in [0.25, 0.3) is 5.56 Å². The summed E-state index contributed by atoms with van der Waals surface area (Å²) in [4.78, 5) is 11.7. The molecule has 82 valence electrons. The van der Waals surface area contributed by atoms with Crippen molar-refractivity contribution in [2.75, 3.05) is 0 Å². The minimum Gasteiger partial charge on any atom is -0.314 e. The van der Waals surface area contributed by atoms with Crippen molar-refractivity contribution in [2.45, 2.75) is 26.8 Å². The Balaban J connectivity index is 2.90. The minimum atomic E-state index is -0.456. The smallest absolute Gasteiger partial charge is 0.268 e. The molecule has 1 heterocycles. The van der Waals surface area contributed by atoms with Crippen molar-refractivity contribution in [3.05, 3.63) is 34.2 Å². The van der Waals surface area contributed by atoms with Gasteiger partial charge < -0.3 is 4.57 Å². The molecule has 0 saturated carbocycles. The van der Waals surface area contributed by atoms with Crippen LogP contribution in [-0.4, -0.2) is 4.57 Å². The Hall–Kier alpha value is -2.07. The van der Waals surface area contributed by atoms with Gasteiger partial charge in [0.15, 0.2) is 0 Å². The Kier molecular flexibility index (Phi) is 3.48. The summed E-state index contributed by atoms with van der Waals surface area (Å²) in [5.41, 5.74) is -0.613. The van der Waals surface area contributed by atoms with E-state index >= 15 is 0 Å². The molecular weight excluding hydrogens is 202 g/mol. The second-order valence-corrected chi connectivity index (χ2v) is 4.28. The topological polar surface area (TPSA) is 69.6 Å². The molecule has 0 aliphatic rings. The van der Waals surface area contributed by atoms with Gasteiger partial charge in [0.2, 0.25) is 0 Å². The largest absolute Gasteiger partial charge is 0.314 e. The molecule has 0 amide bonds. The Labute approximate surface area is 94.4 Å². The lowest BCUT2D eigenvalue weighted by Crippen LogP contribution is -2.24. The number of nitrogens with zero attached hydrogens (tertiary/aromatic N) is 3. The summed E-state index contributed by atoms with van der Waals surface area (Å²) in [6.45, 7) is 4.10. The maximum atomic E-state index is 11.7. The summed E-state index contributed by atoms with van der Waals surface area (Å²) in [6.07, 6.45) is 2.22. The second kappa shape index (κ2) is 4.63. The molecule has 0 saturated heterocycles. The predicted molar refractivity (Wildman–Crippen MR) is 59.4 cm³/mol. The average Bonchev–Trinajstić information content (AvgIpc) is 2.28. The van der Waals surface area contributed by atoms with Gasteiger partial charge in [-0.25, -0.2) is 0 Å². The molecule has 0 unspecified atom stereocenters. The van der Waals surface area contributed by atoms with E-state index in [0.717, 1.165) is 0 Å². The normalized spacial score (nSPS) is 10.5. The van der Waals surface area contributed by atoms with Gasteiger partial charge in [-0.2, -0.15) is 10.5 Å². The number of aryl methyl sites for hydroxylation is 1. The Morgan fingerprint density at radius 3 is 2.69 bits per heavy atom. The van der Waals surface area contributed by atoms with E-state index in [1.807, 2.05) is 19.9 Å². The van der Waals surface area contributed by atoms with Crippen LogP contribution in [0.25, 0.3) is 0 Å². The minimum absolute atomic E-state index is 0.136. The molecule has 1 aromatic rings. The van der Waals surface area contributed by atoms with Gasteiger partial charge in [0, 0.05) is 12.7 Å². The molecule has 0 aromatic carbocycles. The molecule has 0 bridgehead atoms.